The number of aliphatic hydroxyl groups excluding tert-OH is 1. The Kier molecular flexibility index (Phi) is 3.03. The molecule has 1 heterocycles. The molecule has 102 valence electrons. The van der Waals surface area contributed by atoms with Gasteiger partial charge in [-0.2, -0.15) is 5.10 Å². The summed E-state index contributed by atoms with van der Waals surface area (Å²) in [6.45, 7) is 1.68. The highest BCUT2D eigenvalue weighted by atomic mass is 19.1. The van der Waals surface area contributed by atoms with Crippen LogP contribution in [0.2, 0.25) is 0 Å². The molecule has 4 heteroatoms. The van der Waals surface area contributed by atoms with Crippen LogP contribution in [-0.2, 0) is 7.05 Å². The van der Waals surface area contributed by atoms with Crippen LogP contribution in [0, 0.1) is 12.7 Å². The van der Waals surface area contributed by atoms with E-state index in [1.807, 2.05) is 31.3 Å². The summed E-state index contributed by atoms with van der Waals surface area (Å²) in [6, 6.07) is 12.4. The number of aliphatic hydroxyl groups is 1. The zero-order valence-electron chi connectivity index (χ0n) is 11.3. The predicted octanol–water partition coefficient (Wildman–Crippen LogP) is 3.10. The quantitative estimate of drug-likeness (QED) is 0.777. The number of para-hydroxylation sites is 1. The van der Waals surface area contributed by atoms with E-state index in [9.17, 15) is 9.50 Å². The zero-order valence-corrected chi connectivity index (χ0v) is 11.3. The van der Waals surface area contributed by atoms with Gasteiger partial charge in [0.15, 0.2) is 0 Å². The van der Waals surface area contributed by atoms with Gasteiger partial charge in [0.2, 0.25) is 0 Å². The molecule has 0 aliphatic heterocycles. The molecular formula is C16H15FN2O. The summed E-state index contributed by atoms with van der Waals surface area (Å²) in [5, 5.41) is 15.8. The second-order valence-electron chi connectivity index (χ2n) is 4.94. The normalized spacial score (nSPS) is 12.8. The smallest absolute Gasteiger partial charge is 0.126 e. The van der Waals surface area contributed by atoms with E-state index in [2.05, 4.69) is 5.10 Å². The number of benzene rings is 2. The highest BCUT2D eigenvalue weighted by Crippen LogP contribution is 2.28. The minimum atomic E-state index is -0.861. The lowest BCUT2D eigenvalue weighted by Crippen LogP contribution is -2.03. The van der Waals surface area contributed by atoms with E-state index < -0.39 is 6.10 Å². The number of aryl methyl sites for hydroxylation is 2. The molecule has 0 bridgehead atoms. The summed E-state index contributed by atoms with van der Waals surface area (Å²) in [4.78, 5) is 0. The second kappa shape index (κ2) is 4.72. The fourth-order valence-corrected chi connectivity index (χ4v) is 2.44. The summed E-state index contributed by atoms with van der Waals surface area (Å²) in [7, 11) is 1.84. The molecule has 1 unspecified atom stereocenters. The van der Waals surface area contributed by atoms with E-state index in [-0.39, 0.29) is 5.82 Å². The number of hydrogen-bond donors (Lipinski definition) is 1. The number of fused-ring (bicyclic) bond motifs is 1. The van der Waals surface area contributed by atoms with Crippen LogP contribution in [0.1, 0.15) is 22.9 Å². The third-order valence-corrected chi connectivity index (χ3v) is 3.54. The number of halogens is 1. The van der Waals surface area contributed by atoms with E-state index in [0.717, 1.165) is 10.9 Å². The summed E-state index contributed by atoms with van der Waals surface area (Å²) in [5.41, 5.74) is 2.71. The first-order chi connectivity index (χ1) is 9.58. The van der Waals surface area contributed by atoms with E-state index in [1.54, 1.807) is 23.7 Å². The van der Waals surface area contributed by atoms with Crippen molar-refractivity contribution >= 4 is 10.9 Å². The summed E-state index contributed by atoms with van der Waals surface area (Å²) in [5.74, 6) is -0.271. The minimum Gasteiger partial charge on any atom is -0.382 e. The fraction of sp³-hybridized carbons (Fsp3) is 0.188. The Morgan fingerprint density at radius 2 is 1.95 bits per heavy atom. The molecule has 0 saturated carbocycles. The number of aromatic nitrogens is 2. The SMILES string of the molecule is Cc1cc(C(O)c2nn(C)c3ccccc23)ccc1F. The molecular weight excluding hydrogens is 255 g/mol. The third kappa shape index (κ3) is 1.98. The van der Waals surface area contributed by atoms with Gasteiger partial charge in [-0.3, -0.25) is 4.68 Å². The number of nitrogens with zero attached hydrogens (tertiary/aromatic N) is 2. The van der Waals surface area contributed by atoms with Crippen molar-refractivity contribution < 1.29 is 9.50 Å². The summed E-state index contributed by atoms with van der Waals surface area (Å²) in [6.07, 6.45) is -0.861. The van der Waals surface area contributed by atoms with Crippen molar-refractivity contribution in [2.75, 3.05) is 0 Å². The zero-order chi connectivity index (χ0) is 14.3. The van der Waals surface area contributed by atoms with Crippen molar-refractivity contribution in [3.8, 4) is 0 Å². The minimum absolute atomic E-state index is 0.271. The third-order valence-electron chi connectivity index (χ3n) is 3.54. The monoisotopic (exact) mass is 270 g/mol. The Balaban J connectivity index is 2.12. The molecule has 0 aliphatic carbocycles. The lowest BCUT2D eigenvalue weighted by molar-refractivity contribution is 0.215. The topological polar surface area (TPSA) is 38.1 Å². The molecule has 3 nitrogen and oxygen atoms in total. The molecule has 0 saturated heterocycles. The summed E-state index contributed by atoms with van der Waals surface area (Å²) >= 11 is 0. The maximum Gasteiger partial charge on any atom is 0.126 e. The van der Waals surface area contributed by atoms with Gasteiger partial charge < -0.3 is 5.11 Å². The Bertz CT molecular complexity index is 779. The van der Waals surface area contributed by atoms with Crippen molar-refractivity contribution in [2.45, 2.75) is 13.0 Å². The maximum atomic E-state index is 13.3. The van der Waals surface area contributed by atoms with Crippen molar-refractivity contribution in [3.63, 3.8) is 0 Å². The molecule has 0 radical (unpaired) electrons. The molecule has 0 spiro atoms. The molecule has 3 rings (SSSR count). The maximum absolute atomic E-state index is 13.3. The van der Waals surface area contributed by atoms with Gasteiger partial charge >= 0.3 is 0 Å². The van der Waals surface area contributed by atoms with Crippen LogP contribution in [0.4, 0.5) is 4.39 Å². The van der Waals surface area contributed by atoms with E-state index in [0.29, 0.717) is 16.8 Å². The predicted molar refractivity (Wildman–Crippen MR) is 75.9 cm³/mol. The van der Waals surface area contributed by atoms with Crippen LogP contribution in [0.5, 0.6) is 0 Å². The van der Waals surface area contributed by atoms with Gasteiger partial charge in [-0.05, 0) is 30.2 Å². The van der Waals surface area contributed by atoms with E-state index >= 15 is 0 Å². The fourth-order valence-electron chi connectivity index (χ4n) is 2.44. The lowest BCUT2D eigenvalue weighted by Gasteiger charge is -2.10. The number of rotatable bonds is 2. The van der Waals surface area contributed by atoms with Crippen molar-refractivity contribution in [1.29, 1.82) is 0 Å². The molecule has 0 amide bonds. The Morgan fingerprint density at radius 3 is 2.70 bits per heavy atom. The van der Waals surface area contributed by atoms with Crippen molar-refractivity contribution in [2.24, 2.45) is 7.05 Å². The van der Waals surface area contributed by atoms with Crippen LogP contribution in [0.15, 0.2) is 42.5 Å². The van der Waals surface area contributed by atoms with Crippen molar-refractivity contribution in [1.82, 2.24) is 9.78 Å². The first-order valence-electron chi connectivity index (χ1n) is 6.43. The van der Waals surface area contributed by atoms with Crippen LogP contribution in [0.25, 0.3) is 10.9 Å². The van der Waals surface area contributed by atoms with Gasteiger partial charge in [-0.25, -0.2) is 4.39 Å². The van der Waals surface area contributed by atoms with Crippen molar-refractivity contribution in [3.05, 3.63) is 65.1 Å². The molecule has 1 atom stereocenters. The molecule has 0 aliphatic rings. The van der Waals surface area contributed by atoms with Gasteiger partial charge in [0, 0.05) is 12.4 Å². The molecule has 1 aromatic heterocycles. The second-order valence-corrected chi connectivity index (χ2v) is 4.94. The first-order valence-corrected chi connectivity index (χ1v) is 6.43. The van der Waals surface area contributed by atoms with Gasteiger partial charge in [0.1, 0.15) is 17.6 Å². The van der Waals surface area contributed by atoms with E-state index in [4.69, 9.17) is 0 Å². The lowest BCUT2D eigenvalue weighted by atomic mass is 10.0. The number of hydrogen-bond acceptors (Lipinski definition) is 2. The van der Waals surface area contributed by atoms with Gasteiger partial charge in [-0.15, -0.1) is 0 Å². The first kappa shape index (κ1) is 12.8. The Hall–Kier alpha value is -2.20. The molecule has 1 N–H and O–H groups in total. The van der Waals surface area contributed by atoms with E-state index in [1.165, 1.54) is 6.07 Å². The summed E-state index contributed by atoms with van der Waals surface area (Å²) < 4.78 is 15.1. The van der Waals surface area contributed by atoms with Crippen LogP contribution in [-0.4, -0.2) is 14.9 Å². The molecule has 0 fully saturated rings. The van der Waals surface area contributed by atoms with Gasteiger partial charge in [0.05, 0.1) is 5.52 Å². The molecule has 20 heavy (non-hydrogen) atoms. The van der Waals surface area contributed by atoms with Crippen LogP contribution in [0.3, 0.4) is 0 Å². The van der Waals surface area contributed by atoms with Crippen LogP contribution < -0.4 is 0 Å². The highest BCUT2D eigenvalue weighted by Gasteiger charge is 2.18. The molecule has 2 aromatic carbocycles. The Labute approximate surface area is 116 Å². The van der Waals surface area contributed by atoms with Gasteiger partial charge in [0.25, 0.3) is 0 Å². The Morgan fingerprint density at radius 1 is 1.20 bits per heavy atom. The van der Waals surface area contributed by atoms with Crippen LogP contribution >= 0.6 is 0 Å². The molecule has 3 aromatic rings. The standard InChI is InChI=1S/C16H15FN2O/c1-10-9-11(7-8-13(10)17)16(20)15-12-5-3-4-6-14(12)19(2)18-15/h3-9,16,20H,1-2H3. The average molecular weight is 270 g/mol. The average Bonchev–Trinajstić information content (AvgIpc) is 2.79. The largest absolute Gasteiger partial charge is 0.382 e. The highest BCUT2D eigenvalue weighted by molar-refractivity contribution is 5.82. The van der Waals surface area contributed by atoms with Gasteiger partial charge in [-0.1, -0.05) is 30.3 Å².